The average molecular weight is 483 g/mol. The van der Waals surface area contributed by atoms with Crippen molar-refractivity contribution < 1.29 is 9.59 Å². The van der Waals surface area contributed by atoms with Gasteiger partial charge in [0.15, 0.2) is 0 Å². The van der Waals surface area contributed by atoms with Crippen LogP contribution in [0.15, 0.2) is 75.6 Å². The molecule has 0 fully saturated rings. The Kier molecular flexibility index (Phi) is 6.71. The lowest BCUT2D eigenvalue weighted by atomic mass is 10.2. The molecule has 10 heteroatoms. The monoisotopic (exact) mass is 482 g/mol. The minimum Gasteiger partial charge on any atom is -0.350 e. The summed E-state index contributed by atoms with van der Waals surface area (Å²) in [4.78, 5) is 51.0. The topological polar surface area (TPSA) is 102 Å². The van der Waals surface area contributed by atoms with Crippen molar-refractivity contribution in [2.24, 2.45) is 0 Å². The molecule has 0 saturated carbocycles. The number of nitrogens with zero attached hydrogens (tertiary/aromatic N) is 2. The summed E-state index contributed by atoms with van der Waals surface area (Å²) >= 11 is 7.25. The minimum atomic E-state index is -0.734. The van der Waals surface area contributed by atoms with Gasteiger partial charge < -0.3 is 10.6 Å². The molecule has 2 heterocycles. The maximum atomic E-state index is 13.1. The molecule has 0 aliphatic rings. The highest BCUT2D eigenvalue weighted by Crippen LogP contribution is 2.16. The Hall–Kier alpha value is -3.69. The molecular formula is C23H19ClN4O4S. The van der Waals surface area contributed by atoms with Gasteiger partial charge in [0.05, 0.1) is 5.52 Å². The summed E-state index contributed by atoms with van der Waals surface area (Å²) in [5.41, 5.74) is 0.346. The Morgan fingerprint density at radius 3 is 2.33 bits per heavy atom. The lowest BCUT2D eigenvalue weighted by Gasteiger charge is -2.13. The van der Waals surface area contributed by atoms with Gasteiger partial charge in [-0.3, -0.25) is 19.0 Å². The second kappa shape index (κ2) is 9.85. The fourth-order valence-corrected chi connectivity index (χ4v) is 4.37. The van der Waals surface area contributed by atoms with E-state index >= 15 is 0 Å². The third kappa shape index (κ3) is 5.05. The third-order valence-electron chi connectivity index (χ3n) is 4.93. The van der Waals surface area contributed by atoms with Gasteiger partial charge in [0.25, 0.3) is 5.56 Å². The molecule has 2 N–H and O–H groups in total. The highest BCUT2D eigenvalue weighted by Gasteiger charge is 2.18. The molecule has 0 spiro atoms. The molecule has 0 atom stereocenters. The first-order valence-electron chi connectivity index (χ1n) is 10.00. The van der Waals surface area contributed by atoms with Crippen LogP contribution in [-0.4, -0.2) is 20.9 Å². The zero-order valence-electron chi connectivity index (χ0n) is 17.3. The quantitative estimate of drug-likeness (QED) is 0.423. The molecule has 33 heavy (non-hydrogen) atoms. The van der Waals surface area contributed by atoms with Crippen molar-refractivity contribution in [3.05, 3.63) is 97.5 Å². The van der Waals surface area contributed by atoms with Crippen LogP contribution in [0, 0.1) is 0 Å². The Balaban J connectivity index is 1.58. The number of halogens is 1. The number of anilines is 1. The standard InChI is InChI=1S/C23H19ClN4O4S/c24-17-9-5-4-6-15(17)12-25-19(29)13-28-22(31)21-18(10-11-33-21)27(23(28)32)14-20(30)26-16-7-2-1-3-8-16/h1-11H,12-14H2,(H,25,29)(H,26,30). The van der Waals surface area contributed by atoms with Crippen LogP contribution in [0.4, 0.5) is 5.69 Å². The number of fused-ring (bicyclic) bond motifs is 1. The number of hydrogen-bond acceptors (Lipinski definition) is 5. The van der Waals surface area contributed by atoms with E-state index in [1.807, 2.05) is 6.07 Å². The first-order valence-corrected chi connectivity index (χ1v) is 11.3. The summed E-state index contributed by atoms with van der Waals surface area (Å²) in [6, 6.07) is 17.5. The molecule has 2 amide bonds. The predicted molar refractivity (Wildman–Crippen MR) is 129 cm³/mol. The zero-order valence-corrected chi connectivity index (χ0v) is 18.9. The van der Waals surface area contributed by atoms with Crippen LogP contribution < -0.4 is 21.9 Å². The highest BCUT2D eigenvalue weighted by molar-refractivity contribution is 7.17. The average Bonchev–Trinajstić information content (AvgIpc) is 3.30. The fourth-order valence-electron chi connectivity index (χ4n) is 3.33. The molecule has 2 aromatic heterocycles. The number of aromatic nitrogens is 2. The molecule has 2 aromatic carbocycles. The molecule has 0 radical (unpaired) electrons. The number of benzene rings is 2. The van der Waals surface area contributed by atoms with Crippen LogP contribution in [-0.2, 0) is 29.2 Å². The van der Waals surface area contributed by atoms with E-state index in [9.17, 15) is 19.2 Å². The number of hydrogen-bond donors (Lipinski definition) is 2. The van der Waals surface area contributed by atoms with Gasteiger partial charge in [0, 0.05) is 17.3 Å². The molecule has 168 valence electrons. The third-order valence-corrected chi connectivity index (χ3v) is 6.19. The van der Waals surface area contributed by atoms with E-state index < -0.39 is 29.6 Å². The predicted octanol–water partition coefficient (Wildman–Crippen LogP) is 2.83. The Morgan fingerprint density at radius 2 is 1.58 bits per heavy atom. The molecule has 0 unspecified atom stereocenters. The second-order valence-electron chi connectivity index (χ2n) is 7.18. The van der Waals surface area contributed by atoms with Gasteiger partial charge in [-0.25, -0.2) is 9.36 Å². The van der Waals surface area contributed by atoms with E-state index in [1.165, 1.54) is 4.57 Å². The van der Waals surface area contributed by atoms with Crippen LogP contribution >= 0.6 is 22.9 Å². The summed E-state index contributed by atoms with van der Waals surface area (Å²) in [5.74, 6) is -0.950. The smallest absolute Gasteiger partial charge is 0.332 e. The van der Waals surface area contributed by atoms with E-state index in [-0.39, 0.29) is 13.1 Å². The number of rotatable bonds is 7. The van der Waals surface area contributed by atoms with Crippen molar-refractivity contribution in [3.8, 4) is 0 Å². The first-order chi connectivity index (χ1) is 15.9. The lowest BCUT2D eigenvalue weighted by molar-refractivity contribution is -0.122. The lowest BCUT2D eigenvalue weighted by Crippen LogP contribution is -2.44. The molecule has 4 aromatic rings. The highest BCUT2D eigenvalue weighted by atomic mass is 35.5. The number of para-hydroxylation sites is 1. The molecule has 0 saturated heterocycles. The maximum absolute atomic E-state index is 13.1. The summed E-state index contributed by atoms with van der Waals surface area (Å²) in [6.45, 7) is -0.624. The van der Waals surface area contributed by atoms with E-state index in [2.05, 4.69) is 10.6 Å². The molecule has 0 aliphatic heterocycles. The zero-order chi connectivity index (χ0) is 23.4. The van der Waals surface area contributed by atoms with Crippen molar-refractivity contribution in [3.63, 3.8) is 0 Å². The van der Waals surface area contributed by atoms with Crippen molar-refractivity contribution in [2.75, 3.05) is 5.32 Å². The van der Waals surface area contributed by atoms with Crippen LogP contribution in [0.2, 0.25) is 5.02 Å². The van der Waals surface area contributed by atoms with Crippen LogP contribution in [0.25, 0.3) is 10.2 Å². The summed E-state index contributed by atoms with van der Waals surface area (Å²) in [5, 5.41) is 7.56. The SMILES string of the molecule is O=C(Cn1c(=O)c2sccc2n(CC(=O)Nc2ccccc2)c1=O)NCc1ccccc1Cl. The molecule has 4 rings (SSSR count). The van der Waals surface area contributed by atoms with Crippen LogP contribution in [0.5, 0.6) is 0 Å². The second-order valence-corrected chi connectivity index (χ2v) is 8.50. The maximum Gasteiger partial charge on any atom is 0.332 e. The number of carbonyl (C=O) groups is 2. The molecule has 0 aliphatic carbocycles. The Labute approximate surface area is 197 Å². The van der Waals surface area contributed by atoms with Gasteiger partial charge >= 0.3 is 5.69 Å². The van der Waals surface area contributed by atoms with Crippen molar-refractivity contribution >= 4 is 50.7 Å². The summed E-state index contributed by atoms with van der Waals surface area (Å²) < 4.78 is 2.34. The van der Waals surface area contributed by atoms with Gasteiger partial charge in [0.2, 0.25) is 11.8 Å². The van der Waals surface area contributed by atoms with Gasteiger partial charge in [-0.05, 0) is 35.2 Å². The van der Waals surface area contributed by atoms with Crippen molar-refractivity contribution in [2.45, 2.75) is 19.6 Å². The number of amides is 2. The van der Waals surface area contributed by atoms with Gasteiger partial charge in [-0.2, -0.15) is 0 Å². The van der Waals surface area contributed by atoms with Gasteiger partial charge in [-0.1, -0.05) is 48.0 Å². The summed E-state index contributed by atoms with van der Waals surface area (Å²) in [7, 11) is 0. The van der Waals surface area contributed by atoms with E-state index in [1.54, 1.807) is 60.0 Å². The van der Waals surface area contributed by atoms with Crippen molar-refractivity contribution in [1.82, 2.24) is 14.5 Å². The van der Waals surface area contributed by atoms with Crippen LogP contribution in [0.1, 0.15) is 5.56 Å². The molecule has 8 nitrogen and oxygen atoms in total. The van der Waals surface area contributed by atoms with Gasteiger partial charge in [-0.15, -0.1) is 11.3 Å². The summed E-state index contributed by atoms with van der Waals surface area (Å²) in [6.07, 6.45) is 0. The van der Waals surface area contributed by atoms with Crippen LogP contribution in [0.3, 0.4) is 0 Å². The molecule has 0 bridgehead atoms. The normalized spacial score (nSPS) is 10.8. The number of carbonyl (C=O) groups excluding carboxylic acids is 2. The van der Waals surface area contributed by atoms with E-state index in [4.69, 9.17) is 11.6 Å². The first kappa shape index (κ1) is 22.5. The fraction of sp³-hybridized carbons (Fsp3) is 0.130. The Morgan fingerprint density at radius 1 is 0.879 bits per heavy atom. The van der Waals surface area contributed by atoms with Gasteiger partial charge in [0.1, 0.15) is 17.8 Å². The Bertz CT molecular complexity index is 1440. The van der Waals surface area contributed by atoms with E-state index in [0.717, 1.165) is 15.9 Å². The number of thiophene rings is 1. The van der Waals surface area contributed by atoms with E-state index in [0.29, 0.717) is 26.5 Å². The van der Waals surface area contributed by atoms with Crippen molar-refractivity contribution in [1.29, 1.82) is 0 Å². The largest absolute Gasteiger partial charge is 0.350 e. The number of nitrogens with one attached hydrogen (secondary N) is 2. The minimum absolute atomic E-state index is 0.155. The molecular weight excluding hydrogens is 464 g/mol.